The quantitative estimate of drug-likeness (QED) is 0.870. The fraction of sp³-hybridized carbons (Fsp3) is 0.375. The van der Waals surface area contributed by atoms with Crippen molar-refractivity contribution in [2.24, 2.45) is 0 Å². The Morgan fingerprint density at radius 1 is 1.35 bits per heavy atom. The lowest BCUT2D eigenvalue weighted by Gasteiger charge is -2.23. The Kier molecular flexibility index (Phi) is 4.10. The summed E-state index contributed by atoms with van der Waals surface area (Å²) in [4.78, 5) is 28.4. The van der Waals surface area contributed by atoms with Gasteiger partial charge in [0, 0.05) is 12.1 Å². The fourth-order valence-corrected chi connectivity index (χ4v) is 2.75. The van der Waals surface area contributed by atoms with Crippen molar-refractivity contribution in [1.82, 2.24) is 20.1 Å². The van der Waals surface area contributed by atoms with Crippen LogP contribution in [0.3, 0.4) is 0 Å². The first kappa shape index (κ1) is 15.2. The lowest BCUT2D eigenvalue weighted by atomic mass is 10.1. The van der Waals surface area contributed by atoms with Gasteiger partial charge in [-0.3, -0.25) is 4.79 Å². The lowest BCUT2D eigenvalue weighted by molar-refractivity contribution is 0.0600. The maximum Gasteiger partial charge on any atom is 0.337 e. The van der Waals surface area contributed by atoms with E-state index in [4.69, 9.17) is 0 Å². The number of ether oxygens (including phenoxy) is 1. The molecule has 0 aliphatic carbocycles. The summed E-state index contributed by atoms with van der Waals surface area (Å²) < 4.78 is 6.52. The highest BCUT2D eigenvalue weighted by Crippen LogP contribution is 2.23. The molecule has 0 spiro atoms. The van der Waals surface area contributed by atoms with E-state index in [1.54, 1.807) is 18.2 Å². The first-order chi connectivity index (χ1) is 11.1. The number of aryl methyl sites for hydroxylation is 2. The summed E-state index contributed by atoms with van der Waals surface area (Å²) in [6, 6.07) is 6.30. The topological polar surface area (TPSA) is 86.1 Å². The van der Waals surface area contributed by atoms with Crippen LogP contribution in [0.5, 0.6) is 0 Å². The van der Waals surface area contributed by atoms with Crippen molar-refractivity contribution in [3.8, 4) is 0 Å². The van der Waals surface area contributed by atoms with Crippen molar-refractivity contribution in [3.05, 3.63) is 47.0 Å². The van der Waals surface area contributed by atoms with E-state index < -0.39 is 5.97 Å². The van der Waals surface area contributed by atoms with E-state index in [0.717, 1.165) is 25.2 Å². The summed E-state index contributed by atoms with van der Waals surface area (Å²) in [6.07, 6.45) is 1.75. The largest absolute Gasteiger partial charge is 0.465 e. The van der Waals surface area contributed by atoms with Crippen LogP contribution in [0.25, 0.3) is 0 Å². The molecule has 7 nitrogen and oxygen atoms in total. The van der Waals surface area contributed by atoms with Crippen molar-refractivity contribution < 1.29 is 14.3 Å². The number of nitrogens with zero attached hydrogens (tertiary/aromatic N) is 3. The van der Waals surface area contributed by atoms with Crippen LogP contribution < -0.4 is 5.32 Å². The number of fused-ring (bicyclic) bond motifs is 1. The molecule has 0 unspecified atom stereocenters. The molecule has 1 aliphatic heterocycles. The molecule has 23 heavy (non-hydrogen) atoms. The van der Waals surface area contributed by atoms with E-state index in [1.807, 2.05) is 11.6 Å². The van der Waals surface area contributed by atoms with Crippen molar-refractivity contribution in [2.45, 2.75) is 32.4 Å². The molecule has 0 saturated heterocycles. The molecule has 3 rings (SSSR count). The SMILES string of the molecule is COC(=O)c1cccc(C(=O)N[C@@H]2CCCn3nc(C)nc32)c1. The highest BCUT2D eigenvalue weighted by Gasteiger charge is 2.25. The molecule has 1 atom stereocenters. The van der Waals surface area contributed by atoms with E-state index in [-0.39, 0.29) is 11.9 Å². The van der Waals surface area contributed by atoms with Gasteiger partial charge in [0.25, 0.3) is 5.91 Å². The van der Waals surface area contributed by atoms with Gasteiger partial charge < -0.3 is 10.1 Å². The van der Waals surface area contributed by atoms with Crippen LogP contribution in [-0.4, -0.2) is 33.8 Å². The molecule has 7 heteroatoms. The Bertz CT molecular complexity index is 754. The molecule has 1 aliphatic rings. The maximum atomic E-state index is 12.5. The van der Waals surface area contributed by atoms with E-state index in [2.05, 4.69) is 20.1 Å². The normalized spacial score (nSPS) is 16.5. The second-order valence-corrected chi connectivity index (χ2v) is 5.48. The summed E-state index contributed by atoms with van der Waals surface area (Å²) >= 11 is 0. The van der Waals surface area contributed by atoms with Crippen LogP contribution in [0.1, 0.15) is 51.2 Å². The van der Waals surface area contributed by atoms with Crippen LogP contribution in [0.4, 0.5) is 0 Å². The van der Waals surface area contributed by atoms with Crippen molar-refractivity contribution in [3.63, 3.8) is 0 Å². The average Bonchev–Trinajstić information content (AvgIpc) is 2.95. The Morgan fingerprint density at radius 2 is 2.13 bits per heavy atom. The van der Waals surface area contributed by atoms with Gasteiger partial charge in [0.2, 0.25) is 0 Å². The smallest absolute Gasteiger partial charge is 0.337 e. The highest BCUT2D eigenvalue weighted by molar-refractivity contribution is 5.98. The van der Waals surface area contributed by atoms with Crippen LogP contribution in [-0.2, 0) is 11.3 Å². The van der Waals surface area contributed by atoms with Crippen LogP contribution in [0, 0.1) is 6.92 Å². The fourth-order valence-electron chi connectivity index (χ4n) is 2.75. The third kappa shape index (κ3) is 3.08. The molecular weight excluding hydrogens is 296 g/mol. The van der Waals surface area contributed by atoms with Crippen molar-refractivity contribution in [1.29, 1.82) is 0 Å². The van der Waals surface area contributed by atoms with Crippen LogP contribution >= 0.6 is 0 Å². The zero-order chi connectivity index (χ0) is 16.4. The molecule has 1 N–H and O–H groups in total. The van der Waals surface area contributed by atoms with Gasteiger partial charge in [-0.05, 0) is 38.0 Å². The number of carbonyl (C=O) groups is 2. The minimum absolute atomic E-state index is 0.167. The van der Waals surface area contributed by atoms with E-state index in [1.165, 1.54) is 13.2 Å². The van der Waals surface area contributed by atoms with Crippen LogP contribution in [0.2, 0.25) is 0 Å². The minimum atomic E-state index is -0.465. The zero-order valence-electron chi connectivity index (χ0n) is 13.1. The second-order valence-electron chi connectivity index (χ2n) is 5.48. The van der Waals surface area contributed by atoms with E-state index >= 15 is 0 Å². The number of hydrogen-bond donors (Lipinski definition) is 1. The molecule has 1 aromatic carbocycles. The molecule has 1 aromatic heterocycles. The number of amides is 1. The summed E-state index contributed by atoms with van der Waals surface area (Å²) in [5.74, 6) is 0.780. The van der Waals surface area contributed by atoms with Gasteiger partial charge in [0.05, 0.1) is 18.7 Å². The Morgan fingerprint density at radius 3 is 2.91 bits per heavy atom. The third-order valence-corrected chi connectivity index (χ3v) is 3.83. The van der Waals surface area contributed by atoms with Gasteiger partial charge in [-0.15, -0.1) is 0 Å². The van der Waals surface area contributed by atoms with Gasteiger partial charge in [-0.1, -0.05) is 6.07 Å². The summed E-state index contributed by atoms with van der Waals surface area (Å²) in [5, 5.41) is 7.30. The summed E-state index contributed by atoms with van der Waals surface area (Å²) in [7, 11) is 1.31. The Balaban J connectivity index is 1.79. The molecule has 120 valence electrons. The average molecular weight is 314 g/mol. The van der Waals surface area contributed by atoms with Gasteiger partial charge in [0.15, 0.2) is 0 Å². The summed E-state index contributed by atoms with van der Waals surface area (Å²) in [5.41, 5.74) is 0.768. The molecule has 2 heterocycles. The van der Waals surface area contributed by atoms with Crippen molar-refractivity contribution >= 4 is 11.9 Å². The molecule has 0 bridgehead atoms. The molecule has 0 radical (unpaired) electrons. The number of rotatable bonds is 3. The van der Waals surface area contributed by atoms with Gasteiger partial charge >= 0.3 is 5.97 Å². The number of methoxy groups -OCH3 is 1. The number of carbonyl (C=O) groups excluding carboxylic acids is 2. The molecule has 0 fully saturated rings. The Labute approximate surface area is 133 Å². The van der Waals surface area contributed by atoms with Crippen LogP contribution in [0.15, 0.2) is 24.3 Å². The lowest BCUT2D eigenvalue weighted by Crippen LogP contribution is -2.33. The molecule has 2 aromatic rings. The third-order valence-electron chi connectivity index (χ3n) is 3.83. The number of aromatic nitrogens is 3. The summed E-state index contributed by atoms with van der Waals surface area (Å²) in [6.45, 7) is 2.66. The highest BCUT2D eigenvalue weighted by atomic mass is 16.5. The number of hydrogen-bond acceptors (Lipinski definition) is 5. The predicted octanol–water partition coefficient (Wildman–Crippen LogP) is 1.64. The number of esters is 1. The number of benzene rings is 1. The Hall–Kier alpha value is -2.70. The standard InChI is InChI=1S/C16H18N4O3/c1-10-17-14-13(7-4-8-20(14)19-10)18-15(21)11-5-3-6-12(9-11)16(22)23-2/h3,5-6,9,13H,4,7-8H2,1-2H3,(H,18,21)/t13-/m1/s1. The van der Waals surface area contributed by atoms with Gasteiger partial charge in [-0.25, -0.2) is 14.5 Å². The molecule has 0 saturated carbocycles. The predicted molar refractivity (Wildman–Crippen MR) is 82.0 cm³/mol. The first-order valence-electron chi connectivity index (χ1n) is 7.49. The minimum Gasteiger partial charge on any atom is -0.465 e. The molecule has 1 amide bonds. The zero-order valence-corrected chi connectivity index (χ0v) is 13.1. The second kappa shape index (κ2) is 6.20. The van der Waals surface area contributed by atoms with Gasteiger partial charge in [0.1, 0.15) is 11.6 Å². The molecular formula is C16H18N4O3. The van der Waals surface area contributed by atoms with Crippen molar-refractivity contribution in [2.75, 3.05) is 7.11 Å². The van der Waals surface area contributed by atoms with Gasteiger partial charge in [-0.2, -0.15) is 5.10 Å². The first-order valence-corrected chi connectivity index (χ1v) is 7.49. The van der Waals surface area contributed by atoms with E-state index in [9.17, 15) is 9.59 Å². The number of nitrogens with one attached hydrogen (secondary N) is 1. The maximum absolute atomic E-state index is 12.5. The monoisotopic (exact) mass is 314 g/mol. The van der Waals surface area contributed by atoms with E-state index in [0.29, 0.717) is 17.0 Å².